The fourth-order valence-electron chi connectivity index (χ4n) is 3.81. The molecule has 2 aromatic carbocycles. The first-order valence-corrected chi connectivity index (χ1v) is 9.27. The first kappa shape index (κ1) is 19.7. The van der Waals surface area contributed by atoms with Gasteiger partial charge >= 0.3 is 0 Å². The van der Waals surface area contributed by atoms with Crippen molar-refractivity contribution in [1.29, 1.82) is 0 Å². The van der Waals surface area contributed by atoms with Crippen LogP contribution in [0.3, 0.4) is 0 Å². The minimum Gasteiger partial charge on any atom is -0.394 e. The lowest BCUT2D eigenvalue weighted by molar-refractivity contribution is -0.231. The zero-order valence-corrected chi connectivity index (χ0v) is 15.4. The average molecular weight is 399 g/mol. The van der Waals surface area contributed by atoms with Gasteiger partial charge in [-0.25, -0.2) is 0 Å². The molecule has 2 aliphatic rings. The lowest BCUT2D eigenvalue weighted by Gasteiger charge is -2.40. The maximum Gasteiger partial charge on any atom is 0.261 e. The standard InChI is InChI=1S/C21H21NO7/c23-10-15-16(24)17(25)18(26)19(29-15)12-5-3-4-11(8-12)9-22-20(27)13-6-1-2-7-14(13)21(22)28/h1-8,15-19,23-26H,9-10H2/t15?,16-,17+,18-,19+/m1/s1. The molecule has 1 fully saturated rings. The minimum absolute atomic E-state index is 0.0393. The van der Waals surface area contributed by atoms with Crippen LogP contribution in [-0.4, -0.2) is 68.2 Å². The molecule has 4 N–H and O–H groups in total. The molecule has 2 heterocycles. The van der Waals surface area contributed by atoms with E-state index in [2.05, 4.69) is 0 Å². The van der Waals surface area contributed by atoms with Crippen LogP contribution >= 0.6 is 0 Å². The molecule has 0 aromatic heterocycles. The number of imide groups is 1. The summed E-state index contributed by atoms with van der Waals surface area (Å²) < 4.78 is 5.58. The van der Waals surface area contributed by atoms with E-state index in [9.17, 15) is 30.0 Å². The Hall–Kier alpha value is -2.62. The number of aliphatic hydroxyl groups is 4. The third-order valence-corrected chi connectivity index (χ3v) is 5.39. The van der Waals surface area contributed by atoms with E-state index >= 15 is 0 Å². The Labute approximate surface area is 166 Å². The minimum atomic E-state index is -1.48. The smallest absolute Gasteiger partial charge is 0.261 e. The van der Waals surface area contributed by atoms with E-state index in [1.54, 1.807) is 48.5 Å². The van der Waals surface area contributed by atoms with Crippen LogP contribution in [-0.2, 0) is 11.3 Å². The van der Waals surface area contributed by atoms with Gasteiger partial charge in [0.1, 0.15) is 30.5 Å². The van der Waals surface area contributed by atoms with Gasteiger partial charge in [0.05, 0.1) is 24.3 Å². The van der Waals surface area contributed by atoms with Gasteiger partial charge in [-0.1, -0.05) is 36.4 Å². The number of fused-ring (bicyclic) bond motifs is 1. The number of nitrogens with zero attached hydrogens (tertiary/aromatic N) is 1. The molecule has 0 radical (unpaired) electrons. The lowest BCUT2D eigenvalue weighted by Crippen LogP contribution is -2.55. The Morgan fingerprint density at radius 1 is 0.862 bits per heavy atom. The van der Waals surface area contributed by atoms with Gasteiger partial charge in [0.25, 0.3) is 11.8 Å². The molecule has 2 amide bonds. The Kier molecular flexibility index (Phi) is 5.20. The molecule has 1 unspecified atom stereocenters. The quantitative estimate of drug-likeness (QED) is 0.533. The maximum atomic E-state index is 12.6. The Morgan fingerprint density at radius 2 is 1.52 bits per heavy atom. The number of ether oxygens (including phenoxy) is 1. The molecule has 2 aliphatic heterocycles. The zero-order valence-electron chi connectivity index (χ0n) is 15.4. The van der Waals surface area contributed by atoms with Gasteiger partial charge in [-0.15, -0.1) is 0 Å². The van der Waals surface area contributed by atoms with E-state index in [4.69, 9.17) is 4.74 Å². The fourth-order valence-corrected chi connectivity index (χ4v) is 3.81. The van der Waals surface area contributed by atoms with Crippen LogP contribution in [0, 0.1) is 0 Å². The van der Waals surface area contributed by atoms with Gasteiger partial charge in [-0.2, -0.15) is 0 Å². The number of amides is 2. The molecule has 8 heteroatoms. The van der Waals surface area contributed by atoms with Crippen LogP contribution in [0.5, 0.6) is 0 Å². The largest absolute Gasteiger partial charge is 0.394 e. The molecular formula is C21H21NO7. The summed E-state index contributed by atoms with van der Waals surface area (Å²) in [6, 6.07) is 13.4. The molecule has 29 heavy (non-hydrogen) atoms. The second kappa shape index (κ2) is 7.66. The molecule has 2 aromatic rings. The zero-order chi connectivity index (χ0) is 20.7. The molecule has 0 saturated carbocycles. The van der Waals surface area contributed by atoms with E-state index in [1.165, 1.54) is 0 Å². The summed E-state index contributed by atoms with van der Waals surface area (Å²) >= 11 is 0. The van der Waals surface area contributed by atoms with E-state index in [1.807, 2.05) is 0 Å². The van der Waals surface area contributed by atoms with Crippen LogP contribution in [0.25, 0.3) is 0 Å². The fraction of sp³-hybridized carbons (Fsp3) is 0.333. The molecule has 152 valence electrons. The van der Waals surface area contributed by atoms with Crippen molar-refractivity contribution in [2.24, 2.45) is 0 Å². The van der Waals surface area contributed by atoms with E-state index < -0.39 is 37.1 Å². The third kappa shape index (κ3) is 3.35. The number of aliphatic hydroxyl groups excluding tert-OH is 4. The van der Waals surface area contributed by atoms with Crippen LogP contribution in [0.1, 0.15) is 37.9 Å². The van der Waals surface area contributed by atoms with Crippen molar-refractivity contribution in [3.8, 4) is 0 Å². The summed E-state index contributed by atoms with van der Waals surface area (Å²) in [6.45, 7) is -0.478. The summed E-state index contributed by atoms with van der Waals surface area (Å²) in [4.78, 5) is 26.3. The Balaban J connectivity index is 1.57. The number of hydrogen-bond donors (Lipinski definition) is 4. The van der Waals surface area contributed by atoms with Crippen molar-refractivity contribution in [2.75, 3.05) is 6.61 Å². The summed E-state index contributed by atoms with van der Waals surface area (Å²) in [6.07, 6.45) is -6.31. The van der Waals surface area contributed by atoms with E-state index in [0.29, 0.717) is 22.3 Å². The second-order valence-corrected chi connectivity index (χ2v) is 7.24. The van der Waals surface area contributed by atoms with Gasteiger partial charge in [0, 0.05) is 0 Å². The van der Waals surface area contributed by atoms with Crippen molar-refractivity contribution in [3.05, 3.63) is 70.8 Å². The van der Waals surface area contributed by atoms with Gasteiger partial charge < -0.3 is 25.2 Å². The van der Waals surface area contributed by atoms with Crippen molar-refractivity contribution < 1.29 is 34.8 Å². The predicted octanol–water partition coefficient (Wildman–Crippen LogP) is -0.00230. The summed E-state index contributed by atoms with van der Waals surface area (Å²) in [5.74, 6) is -0.743. The number of rotatable bonds is 4. The Morgan fingerprint density at radius 3 is 2.14 bits per heavy atom. The van der Waals surface area contributed by atoms with Gasteiger partial charge in [-0.05, 0) is 23.3 Å². The van der Waals surface area contributed by atoms with Crippen molar-refractivity contribution in [2.45, 2.75) is 37.1 Å². The molecule has 8 nitrogen and oxygen atoms in total. The molecule has 1 saturated heterocycles. The topological polar surface area (TPSA) is 128 Å². The van der Waals surface area contributed by atoms with Gasteiger partial charge in [0.15, 0.2) is 0 Å². The monoisotopic (exact) mass is 399 g/mol. The summed E-state index contributed by atoms with van der Waals surface area (Å²) in [5, 5.41) is 39.6. The van der Waals surface area contributed by atoms with E-state index in [-0.39, 0.29) is 18.4 Å². The number of benzene rings is 2. The van der Waals surface area contributed by atoms with Crippen molar-refractivity contribution >= 4 is 11.8 Å². The highest BCUT2D eigenvalue weighted by atomic mass is 16.5. The van der Waals surface area contributed by atoms with Crippen LogP contribution in [0.2, 0.25) is 0 Å². The van der Waals surface area contributed by atoms with E-state index in [0.717, 1.165) is 4.90 Å². The molecule has 0 bridgehead atoms. The first-order valence-electron chi connectivity index (χ1n) is 9.27. The second-order valence-electron chi connectivity index (χ2n) is 7.24. The molecule has 0 spiro atoms. The predicted molar refractivity (Wildman–Crippen MR) is 99.8 cm³/mol. The molecule has 5 atom stereocenters. The molecular weight excluding hydrogens is 378 g/mol. The highest BCUT2D eigenvalue weighted by molar-refractivity contribution is 6.21. The number of carbonyl (C=O) groups is 2. The highest BCUT2D eigenvalue weighted by Gasteiger charge is 2.44. The average Bonchev–Trinajstić information content (AvgIpc) is 2.98. The normalized spacial score (nSPS) is 29.2. The number of carbonyl (C=O) groups excluding carboxylic acids is 2. The van der Waals surface area contributed by atoms with Crippen LogP contribution < -0.4 is 0 Å². The molecule has 0 aliphatic carbocycles. The van der Waals surface area contributed by atoms with Crippen molar-refractivity contribution in [3.63, 3.8) is 0 Å². The lowest BCUT2D eigenvalue weighted by atomic mass is 9.90. The first-order chi connectivity index (χ1) is 13.9. The maximum absolute atomic E-state index is 12.6. The van der Waals surface area contributed by atoms with Crippen LogP contribution in [0.4, 0.5) is 0 Å². The summed E-state index contributed by atoms with van der Waals surface area (Å²) in [7, 11) is 0. The summed E-state index contributed by atoms with van der Waals surface area (Å²) in [5.41, 5.74) is 1.86. The van der Waals surface area contributed by atoms with Gasteiger partial charge in [-0.3, -0.25) is 14.5 Å². The molecule has 4 rings (SSSR count). The SMILES string of the molecule is O=C1c2ccccc2C(=O)N1Cc1cccc([C@@H]2OC(CO)[C@@H](O)[C@H](O)[C@H]2O)c1. The van der Waals surface area contributed by atoms with Gasteiger partial charge in [0.2, 0.25) is 0 Å². The van der Waals surface area contributed by atoms with Crippen LogP contribution in [0.15, 0.2) is 48.5 Å². The third-order valence-electron chi connectivity index (χ3n) is 5.39. The Bertz CT molecular complexity index is 909. The number of hydrogen-bond acceptors (Lipinski definition) is 7. The van der Waals surface area contributed by atoms with Crippen molar-refractivity contribution in [1.82, 2.24) is 4.90 Å². The highest BCUT2D eigenvalue weighted by Crippen LogP contribution is 2.33.